The molecule has 0 aromatic heterocycles. The normalized spacial score (nSPS) is 26.7. The monoisotopic (exact) mass is 575 g/mol. The average Bonchev–Trinajstić information content (AvgIpc) is 3.57. The predicted octanol–water partition coefficient (Wildman–Crippen LogP) is 3.69. The van der Waals surface area contributed by atoms with Gasteiger partial charge in [0.05, 0.1) is 30.6 Å². The molecule has 1 saturated heterocycles. The molecular formula is C30H41NO8S. The number of ether oxygens (including phenoxy) is 4. The number of carbonyl (C=O) groups excluding carboxylic acids is 2. The van der Waals surface area contributed by atoms with E-state index in [0.717, 1.165) is 61.0 Å². The van der Waals surface area contributed by atoms with Crippen LogP contribution in [0.15, 0.2) is 24.0 Å². The first-order valence-corrected chi connectivity index (χ1v) is 15.2. The molecule has 5 rings (SSSR count). The summed E-state index contributed by atoms with van der Waals surface area (Å²) in [5.74, 6) is 1.36. The van der Waals surface area contributed by atoms with E-state index in [1.54, 1.807) is 21.0 Å². The van der Waals surface area contributed by atoms with E-state index in [1.165, 1.54) is 0 Å². The fourth-order valence-corrected chi connectivity index (χ4v) is 7.51. The summed E-state index contributed by atoms with van der Waals surface area (Å²) in [7, 11) is 1.57. The number of benzene rings is 1. The maximum Gasteiger partial charge on any atom is 0.339 e. The lowest BCUT2D eigenvalue weighted by molar-refractivity contribution is -0.175. The Morgan fingerprint density at radius 3 is 2.62 bits per heavy atom. The Kier molecular flexibility index (Phi) is 8.18. The Hall–Kier alpha value is -2.27. The average molecular weight is 576 g/mol. The standard InChI is InChI=1S/C30H41NO8S/c1-5-40-24(32)17-30(35,11-6-9-28(2,3)34)27(33)39-26-23(36-4)16-29-10-7-12-31(29)13-8-19-14-21-22(38-18-37-21)15-20(19)25(26)29/h14-16,25-26,34-35H,5-13,17-18H2,1-4H3/t25-,26?,29+,30?/m1/s1. The molecule has 0 radical (unpaired) electrons. The molecule has 10 heteroatoms. The quantitative estimate of drug-likeness (QED) is 0.401. The van der Waals surface area contributed by atoms with E-state index >= 15 is 0 Å². The molecule has 4 aliphatic rings. The molecule has 1 aromatic rings. The zero-order valence-corrected chi connectivity index (χ0v) is 24.7. The van der Waals surface area contributed by atoms with Gasteiger partial charge >= 0.3 is 5.97 Å². The smallest absolute Gasteiger partial charge is 0.339 e. The van der Waals surface area contributed by atoms with E-state index in [0.29, 0.717) is 30.1 Å². The van der Waals surface area contributed by atoms with Gasteiger partial charge in [0.25, 0.3) is 0 Å². The van der Waals surface area contributed by atoms with Gasteiger partial charge < -0.3 is 29.2 Å². The van der Waals surface area contributed by atoms with Crippen molar-refractivity contribution in [3.8, 4) is 11.5 Å². The first-order chi connectivity index (χ1) is 19.0. The molecule has 9 nitrogen and oxygen atoms in total. The van der Waals surface area contributed by atoms with Crippen molar-refractivity contribution in [2.45, 2.75) is 94.5 Å². The highest BCUT2D eigenvalue weighted by Crippen LogP contribution is 2.55. The van der Waals surface area contributed by atoms with Crippen molar-refractivity contribution in [1.29, 1.82) is 0 Å². The molecule has 4 atom stereocenters. The molecule has 0 saturated carbocycles. The van der Waals surface area contributed by atoms with Crippen LogP contribution in [0, 0.1) is 0 Å². The van der Waals surface area contributed by atoms with Crippen molar-refractivity contribution in [3.05, 3.63) is 35.1 Å². The van der Waals surface area contributed by atoms with Gasteiger partial charge in [0.1, 0.15) is 5.76 Å². The second kappa shape index (κ2) is 11.2. The molecule has 2 N–H and O–H groups in total. The maximum atomic E-state index is 13.9. The second-order valence-corrected chi connectivity index (χ2v) is 13.3. The van der Waals surface area contributed by atoms with Crippen LogP contribution in [0.25, 0.3) is 0 Å². The molecule has 3 aliphatic heterocycles. The minimum absolute atomic E-state index is 0.00178. The van der Waals surface area contributed by atoms with Crippen molar-refractivity contribution < 1.29 is 38.7 Å². The highest BCUT2D eigenvalue weighted by Gasteiger charge is 2.59. The lowest BCUT2D eigenvalue weighted by Gasteiger charge is -2.39. The number of hydrogen-bond donors (Lipinski definition) is 2. The van der Waals surface area contributed by atoms with Crippen LogP contribution in [-0.4, -0.2) is 81.8 Å². The summed E-state index contributed by atoms with van der Waals surface area (Å²) in [4.78, 5) is 29.0. The van der Waals surface area contributed by atoms with E-state index in [1.807, 2.05) is 19.1 Å². The van der Waals surface area contributed by atoms with Crippen LogP contribution in [0.5, 0.6) is 11.5 Å². The van der Waals surface area contributed by atoms with Crippen LogP contribution in [0.2, 0.25) is 0 Å². The van der Waals surface area contributed by atoms with Crippen LogP contribution in [0.1, 0.15) is 76.3 Å². The van der Waals surface area contributed by atoms with Crippen LogP contribution >= 0.6 is 11.8 Å². The summed E-state index contributed by atoms with van der Waals surface area (Å²) in [5, 5.41) is 21.6. The van der Waals surface area contributed by atoms with Gasteiger partial charge in [0.2, 0.25) is 6.79 Å². The Labute approximate surface area is 240 Å². The molecule has 1 spiro atoms. The SMILES string of the molecule is CCSC(=O)CC(O)(CCCC(C)(C)O)C(=O)OC1C(OC)=C[C@]23CCCN2CCc2cc4c(cc2[C@H]13)OCO4. The van der Waals surface area contributed by atoms with Crippen molar-refractivity contribution in [2.24, 2.45) is 0 Å². The minimum Gasteiger partial charge on any atom is -0.497 e. The Balaban J connectivity index is 1.49. The van der Waals surface area contributed by atoms with Crippen LogP contribution < -0.4 is 9.47 Å². The fourth-order valence-electron chi connectivity index (χ4n) is 6.85. The maximum absolute atomic E-state index is 13.9. The Morgan fingerprint density at radius 2 is 1.93 bits per heavy atom. The number of rotatable bonds is 10. The molecule has 40 heavy (non-hydrogen) atoms. The third-order valence-electron chi connectivity index (χ3n) is 8.70. The molecule has 1 fully saturated rings. The van der Waals surface area contributed by atoms with Gasteiger partial charge in [0, 0.05) is 6.54 Å². The minimum atomic E-state index is -2.02. The van der Waals surface area contributed by atoms with E-state index in [9.17, 15) is 19.8 Å². The first kappa shape index (κ1) is 29.2. The molecule has 3 heterocycles. The lowest BCUT2D eigenvalue weighted by atomic mass is 9.77. The predicted molar refractivity (Wildman–Crippen MR) is 150 cm³/mol. The van der Waals surface area contributed by atoms with E-state index in [2.05, 4.69) is 11.0 Å². The largest absolute Gasteiger partial charge is 0.497 e. The summed E-state index contributed by atoms with van der Waals surface area (Å²) in [6, 6.07) is 4.04. The molecule has 0 amide bonds. The molecule has 1 aliphatic carbocycles. The number of esters is 1. The third kappa shape index (κ3) is 5.47. The van der Waals surface area contributed by atoms with Gasteiger partial charge in [-0.15, -0.1) is 0 Å². The number of hydrogen-bond acceptors (Lipinski definition) is 10. The molecule has 2 unspecified atom stereocenters. The summed E-state index contributed by atoms with van der Waals surface area (Å²) in [6.45, 7) is 7.15. The van der Waals surface area contributed by atoms with Crippen LogP contribution in [-0.2, 0) is 25.5 Å². The topological polar surface area (TPSA) is 115 Å². The third-order valence-corrected chi connectivity index (χ3v) is 9.45. The van der Waals surface area contributed by atoms with Crippen LogP contribution in [0.4, 0.5) is 0 Å². The molecule has 1 aromatic carbocycles. The zero-order valence-electron chi connectivity index (χ0n) is 23.9. The van der Waals surface area contributed by atoms with E-state index in [4.69, 9.17) is 18.9 Å². The van der Waals surface area contributed by atoms with E-state index < -0.39 is 28.8 Å². The fraction of sp³-hybridized carbons (Fsp3) is 0.667. The molecular weight excluding hydrogens is 534 g/mol. The number of aliphatic hydroxyl groups is 2. The lowest BCUT2D eigenvalue weighted by Crippen LogP contribution is -2.49. The Morgan fingerprint density at radius 1 is 1.18 bits per heavy atom. The highest BCUT2D eigenvalue weighted by atomic mass is 32.2. The summed E-state index contributed by atoms with van der Waals surface area (Å²) in [6.07, 6.45) is 4.40. The van der Waals surface area contributed by atoms with Gasteiger partial charge in [-0.3, -0.25) is 9.69 Å². The molecule has 0 bridgehead atoms. The van der Waals surface area contributed by atoms with Crippen molar-refractivity contribution in [1.82, 2.24) is 4.90 Å². The Bertz CT molecular complexity index is 1180. The highest BCUT2D eigenvalue weighted by molar-refractivity contribution is 8.13. The van der Waals surface area contributed by atoms with Crippen molar-refractivity contribution >= 4 is 22.8 Å². The second-order valence-electron chi connectivity index (χ2n) is 12.0. The number of methoxy groups -OCH3 is 1. The number of carbonyl (C=O) groups is 2. The first-order valence-electron chi connectivity index (χ1n) is 14.3. The van der Waals surface area contributed by atoms with Gasteiger partial charge in [-0.2, -0.15) is 0 Å². The van der Waals surface area contributed by atoms with Crippen molar-refractivity contribution in [2.75, 3.05) is 32.7 Å². The summed E-state index contributed by atoms with van der Waals surface area (Å²) >= 11 is 1.07. The van der Waals surface area contributed by atoms with Gasteiger partial charge in [-0.05, 0) is 94.0 Å². The number of nitrogens with zero attached hydrogens (tertiary/aromatic N) is 1. The zero-order chi connectivity index (χ0) is 28.7. The van der Waals surface area contributed by atoms with E-state index in [-0.39, 0.29) is 30.7 Å². The number of fused-ring (bicyclic) bond motifs is 3. The van der Waals surface area contributed by atoms with Gasteiger partial charge in [-0.25, -0.2) is 4.79 Å². The van der Waals surface area contributed by atoms with Gasteiger partial charge in [-0.1, -0.05) is 18.7 Å². The summed E-state index contributed by atoms with van der Waals surface area (Å²) < 4.78 is 23.5. The number of thioether (sulfide) groups is 1. The van der Waals surface area contributed by atoms with Crippen molar-refractivity contribution in [3.63, 3.8) is 0 Å². The van der Waals surface area contributed by atoms with Gasteiger partial charge in [0.15, 0.2) is 28.3 Å². The van der Waals surface area contributed by atoms with Crippen LogP contribution in [0.3, 0.4) is 0 Å². The summed E-state index contributed by atoms with van der Waals surface area (Å²) in [5.41, 5.74) is -1.24. The molecule has 220 valence electrons.